The van der Waals surface area contributed by atoms with Crippen LogP contribution in [0.2, 0.25) is 5.02 Å². The summed E-state index contributed by atoms with van der Waals surface area (Å²) in [5, 5.41) is 11.3. The molecule has 1 unspecified atom stereocenters. The van der Waals surface area contributed by atoms with Crippen molar-refractivity contribution in [2.75, 3.05) is 26.2 Å². The second kappa shape index (κ2) is 5.79. The van der Waals surface area contributed by atoms with E-state index in [-0.39, 0.29) is 12.2 Å². The Morgan fingerprint density at radius 1 is 1.43 bits per heavy atom. The smallest absolute Gasteiger partial charge is 0.256 e. The summed E-state index contributed by atoms with van der Waals surface area (Å²) in [4.78, 5) is 17.3. The van der Waals surface area contributed by atoms with Gasteiger partial charge in [-0.1, -0.05) is 17.7 Å². The van der Waals surface area contributed by atoms with Crippen LogP contribution in [0.1, 0.15) is 23.6 Å². The van der Waals surface area contributed by atoms with Gasteiger partial charge in [-0.2, -0.15) is 0 Å². The van der Waals surface area contributed by atoms with Crippen LogP contribution in [0.4, 0.5) is 0 Å². The molecule has 0 aliphatic carbocycles. The van der Waals surface area contributed by atoms with E-state index in [0.29, 0.717) is 22.9 Å². The topological polar surface area (TPSA) is 56.3 Å². The van der Waals surface area contributed by atoms with Crippen molar-refractivity contribution in [3.05, 3.63) is 44.8 Å². The number of halogens is 1. The zero-order valence-electron chi connectivity index (χ0n) is 12.0. The molecule has 2 N–H and O–H groups in total. The van der Waals surface area contributed by atoms with E-state index in [2.05, 4.69) is 9.88 Å². The normalized spacial score (nSPS) is 19.5. The van der Waals surface area contributed by atoms with Gasteiger partial charge in [-0.05, 0) is 43.0 Å². The molecule has 2 aromatic rings. The number of aliphatic hydroxyl groups is 1. The SMILES string of the molecule is Cc1[nH]c(=O)c2cc(Cl)ccc2c1C1CCN(CCO)C1. The first-order chi connectivity index (χ1) is 10.1. The van der Waals surface area contributed by atoms with E-state index in [9.17, 15) is 4.79 Å². The zero-order chi connectivity index (χ0) is 15.0. The molecule has 21 heavy (non-hydrogen) atoms. The highest BCUT2D eigenvalue weighted by atomic mass is 35.5. The highest BCUT2D eigenvalue weighted by molar-refractivity contribution is 6.31. The lowest BCUT2D eigenvalue weighted by molar-refractivity contribution is 0.220. The first-order valence-electron chi connectivity index (χ1n) is 7.25. The number of hydrogen-bond donors (Lipinski definition) is 2. The van der Waals surface area contributed by atoms with Crippen molar-refractivity contribution in [2.24, 2.45) is 0 Å². The number of benzene rings is 1. The number of aromatic amines is 1. The van der Waals surface area contributed by atoms with Gasteiger partial charge in [0.05, 0.1) is 6.61 Å². The first kappa shape index (κ1) is 14.6. The average Bonchev–Trinajstić information content (AvgIpc) is 2.88. The van der Waals surface area contributed by atoms with Gasteiger partial charge in [-0.25, -0.2) is 0 Å². The lowest BCUT2D eigenvalue weighted by Crippen LogP contribution is -2.24. The van der Waals surface area contributed by atoms with Gasteiger partial charge in [0.2, 0.25) is 0 Å². The Morgan fingerprint density at radius 3 is 3.00 bits per heavy atom. The van der Waals surface area contributed by atoms with Crippen LogP contribution >= 0.6 is 11.6 Å². The predicted octanol–water partition coefficient (Wildman–Crippen LogP) is 2.27. The summed E-state index contributed by atoms with van der Waals surface area (Å²) in [5.74, 6) is 0.386. The Labute approximate surface area is 128 Å². The van der Waals surface area contributed by atoms with Gasteiger partial charge in [-0.3, -0.25) is 4.79 Å². The largest absolute Gasteiger partial charge is 0.395 e. The molecular weight excluding hydrogens is 288 g/mol. The molecule has 0 radical (unpaired) electrons. The zero-order valence-corrected chi connectivity index (χ0v) is 12.8. The summed E-state index contributed by atoms with van der Waals surface area (Å²) in [6, 6.07) is 5.52. The molecule has 1 atom stereocenters. The van der Waals surface area contributed by atoms with Crippen molar-refractivity contribution < 1.29 is 5.11 Å². The number of β-amino-alcohol motifs (C(OH)–C–C–N with tert-alkyl or cyclic N) is 1. The van der Waals surface area contributed by atoms with E-state index in [0.717, 1.165) is 30.6 Å². The third-order valence-electron chi connectivity index (χ3n) is 4.32. The number of fused-ring (bicyclic) bond motifs is 1. The second-order valence-corrected chi connectivity index (χ2v) is 6.13. The van der Waals surface area contributed by atoms with Gasteiger partial charge in [0.15, 0.2) is 0 Å². The summed E-state index contributed by atoms with van der Waals surface area (Å²) >= 11 is 6.02. The number of aliphatic hydroxyl groups excluding tert-OH is 1. The summed E-state index contributed by atoms with van der Waals surface area (Å²) < 4.78 is 0. The van der Waals surface area contributed by atoms with E-state index in [1.54, 1.807) is 6.07 Å². The van der Waals surface area contributed by atoms with Crippen molar-refractivity contribution in [3.8, 4) is 0 Å². The standard InChI is InChI=1S/C16H19ClN2O2/c1-10-15(11-4-5-19(9-11)6-7-20)13-3-2-12(17)8-14(13)16(21)18-10/h2-3,8,11,20H,4-7,9H2,1H3,(H,18,21). The number of hydrogen-bond acceptors (Lipinski definition) is 3. The third-order valence-corrected chi connectivity index (χ3v) is 4.55. The quantitative estimate of drug-likeness (QED) is 0.914. The van der Waals surface area contributed by atoms with Crippen molar-refractivity contribution in [1.29, 1.82) is 0 Å². The summed E-state index contributed by atoms with van der Waals surface area (Å²) in [7, 11) is 0. The Morgan fingerprint density at radius 2 is 2.24 bits per heavy atom. The van der Waals surface area contributed by atoms with Crippen LogP contribution in [0.15, 0.2) is 23.0 Å². The van der Waals surface area contributed by atoms with Crippen LogP contribution in [0.25, 0.3) is 10.8 Å². The van der Waals surface area contributed by atoms with Gasteiger partial charge in [-0.15, -0.1) is 0 Å². The molecule has 1 aliphatic rings. The van der Waals surface area contributed by atoms with E-state index < -0.39 is 0 Å². The fourth-order valence-corrected chi connectivity index (χ4v) is 3.56. The van der Waals surface area contributed by atoms with E-state index in [1.165, 1.54) is 5.56 Å². The Kier molecular flexibility index (Phi) is 4.02. The second-order valence-electron chi connectivity index (χ2n) is 5.69. The highest BCUT2D eigenvalue weighted by Gasteiger charge is 2.26. The molecule has 4 nitrogen and oxygen atoms in total. The number of aryl methyl sites for hydroxylation is 1. The van der Waals surface area contributed by atoms with Crippen LogP contribution in [0.5, 0.6) is 0 Å². The Bertz CT molecular complexity index is 726. The molecule has 0 saturated carbocycles. The van der Waals surface area contributed by atoms with E-state index >= 15 is 0 Å². The molecule has 5 heteroatoms. The fraction of sp³-hybridized carbons (Fsp3) is 0.438. The number of nitrogens with zero attached hydrogens (tertiary/aromatic N) is 1. The molecule has 1 saturated heterocycles. The number of H-pyrrole nitrogens is 1. The molecular formula is C16H19ClN2O2. The van der Waals surface area contributed by atoms with Crippen molar-refractivity contribution in [2.45, 2.75) is 19.3 Å². The maximum Gasteiger partial charge on any atom is 0.256 e. The minimum Gasteiger partial charge on any atom is -0.395 e. The number of nitrogens with one attached hydrogen (secondary N) is 1. The molecule has 0 amide bonds. The monoisotopic (exact) mass is 306 g/mol. The fourth-order valence-electron chi connectivity index (χ4n) is 3.39. The number of rotatable bonds is 3. The van der Waals surface area contributed by atoms with E-state index in [1.807, 2.05) is 19.1 Å². The van der Waals surface area contributed by atoms with E-state index in [4.69, 9.17) is 16.7 Å². The van der Waals surface area contributed by atoms with Gasteiger partial charge in [0.1, 0.15) is 0 Å². The van der Waals surface area contributed by atoms with Crippen molar-refractivity contribution in [3.63, 3.8) is 0 Å². The molecule has 1 aromatic heterocycles. The van der Waals surface area contributed by atoms with Crippen LogP contribution in [0, 0.1) is 6.92 Å². The lowest BCUT2D eigenvalue weighted by atomic mass is 9.92. The molecule has 3 rings (SSSR count). The summed E-state index contributed by atoms with van der Waals surface area (Å²) in [6.07, 6.45) is 1.05. The number of pyridine rings is 1. The minimum absolute atomic E-state index is 0.0843. The van der Waals surface area contributed by atoms with Gasteiger partial charge in [0.25, 0.3) is 5.56 Å². The van der Waals surface area contributed by atoms with Gasteiger partial charge < -0.3 is 15.0 Å². The Hall–Kier alpha value is -1.36. The molecule has 2 heterocycles. The van der Waals surface area contributed by atoms with Crippen LogP contribution in [0.3, 0.4) is 0 Å². The lowest BCUT2D eigenvalue weighted by Gasteiger charge is -2.18. The molecule has 0 spiro atoms. The average molecular weight is 307 g/mol. The third kappa shape index (κ3) is 2.71. The minimum atomic E-state index is -0.0843. The highest BCUT2D eigenvalue weighted by Crippen LogP contribution is 2.33. The molecule has 112 valence electrons. The van der Waals surface area contributed by atoms with Crippen molar-refractivity contribution in [1.82, 2.24) is 9.88 Å². The van der Waals surface area contributed by atoms with Crippen LogP contribution in [-0.4, -0.2) is 41.2 Å². The summed E-state index contributed by atoms with van der Waals surface area (Å²) in [5.41, 5.74) is 2.06. The molecule has 0 bridgehead atoms. The number of aromatic nitrogens is 1. The number of likely N-dealkylation sites (tertiary alicyclic amines) is 1. The maximum atomic E-state index is 12.1. The summed E-state index contributed by atoms with van der Waals surface area (Å²) in [6.45, 7) is 4.76. The molecule has 1 aliphatic heterocycles. The van der Waals surface area contributed by atoms with Crippen LogP contribution < -0.4 is 5.56 Å². The van der Waals surface area contributed by atoms with Crippen LogP contribution in [-0.2, 0) is 0 Å². The van der Waals surface area contributed by atoms with Gasteiger partial charge in [0, 0.05) is 35.1 Å². The molecule has 1 fully saturated rings. The Balaban J connectivity index is 2.08. The first-order valence-corrected chi connectivity index (χ1v) is 7.63. The predicted molar refractivity (Wildman–Crippen MR) is 85.2 cm³/mol. The van der Waals surface area contributed by atoms with Gasteiger partial charge >= 0.3 is 0 Å². The van der Waals surface area contributed by atoms with Crippen molar-refractivity contribution >= 4 is 22.4 Å². The maximum absolute atomic E-state index is 12.1. The molecule has 1 aromatic carbocycles.